The number of allylic oxidation sites excluding steroid dienone is 2. The standard InChI is InChI=1S/C58H94O25.C6H12Cl3N.ClH/c1-23-44(80-47-40(69)34(63)27(60)21-74-47)38(67)42(71)48(76-23)79-33-13-14-55(7)30(54(33,5)6)12-15-56(8)31(55)11-10-25-26-18-53(3,4)16-17-58(26,32(62)19-57(25,56)9)52(73)83-51-46(35(64)28(61)22-75-51)82-49-43(72)39(68)45(24(2)77-49)81-50-41(70)37(66)36(65)29(20-59)78-50;7-1-4-10(5-2-8)6-3-9;/h10,23-24,26-51,59-72H,11-22H2,1-9H3;1-6H2;1H. The SMILES string of the molecule is CC1OC(OC2CCC3(C)C(CCC4(C)C3CC=C3C5CC(C)(C)CCC5(C(=O)OC5OCC(O)C(O)C5OC5OC(C)C(OC6OC(CO)C(O)C(O)C6O)C(O)C5O)C(O)CC34C)C2(C)C)C(O)C(O)C1OC1OCC(O)C(O)C1O.Cl.ClCCN(CCCl)CCCl. The first-order valence-corrected chi connectivity index (χ1v) is 34.8. The van der Waals surface area contributed by atoms with E-state index in [-0.39, 0.29) is 59.9 Å². The molecule has 4 saturated carbocycles. The number of carbonyl (C=O) groups is 1. The Kier molecular flexibility index (Phi) is 26.2. The van der Waals surface area contributed by atoms with Crippen LogP contribution in [0, 0.1) is 50.2 Å². The molecule has 14 N–H and O–H groups in total. The Morgan fingerprint density at radius 1 is 0.564 bits per heavy atom. The number of carbonyl (C=O) groups excluding carboxylic acids is 1. The molecule has 10 aliphatic rings. The summed E-state index contributed by atoms with van der Waals surface area (Å²) in [5, 5.41) is 152. The van der Waals surface area contributed by atoms with E-state index in [1.807, 2.05) is 0 Å². The highest BCUT2D eigenvalue weighted by Gasteiger charge is 2.72. The molecule has 32 unspecified atom stereocenters. The summed E-state index contributed by atoms with van der Waals surface area (Å²) in [6.45, 7) is 19.8. The van der Waals surface area contributed by atoms with E-state index in [4.69, 9.17) is 82.2 Å². The van der Waals surface area contributed by atoms with Gasteiger partial charge in [-0.1, -0.05) is 60.1 Å². The first-order chi connectivity index (χ1) is 43.6. The van der Waals surface area contributed by atoms with E-state index < -0.39 is 195 Å². The van der Waals surface area contributed by atoms with Crippen LogP contribution in [0.5, 0.6) is 0 Å². The Labute approximate surface area is 571 Å². The molecule has 0 amide bonds. The molecule has 5 saturated heterocycles. The van der Waals surface area contributed by atoms with Gasteiger partial charge >= 0.3 is 5.97 Å². The van der Waals surface area contributed by atoms with Crippen LogP contribution in [-0.2, 0) is 52.2 Å². The minimum absolute atomic E-state index is 0. The van der Waals surface area contributed by atoms with Gasteiger partial charge in [0.25, 0.3) is 0 Å². The topological polar surface area (TPSA) is 396 Å². The lowest BCUT2D eigenvalue weighted by molar-refractivity contribution is -0.374. The molecule has 10 rings (SSSR count). The molecule has 30 heteroatoms. The Bertz CT molecular complexity index is 2500. The van der Waals surface area contributed by atoms with Gasteiger partial charge in [0.15, 0.2) is 31.3 Å². The first kappa shape index (κ1) is 79.1. The lowest BCUT2D eigenvalue weighted by Gasteiger charge is -2.71. The largest absolute Gasteiger partial charge is 0.432 e. The average Bonchev–Trinajstić information content (AvgIpc) is 0.672. The Morgan fingerprint density at radius 2 is 1.07 bits per heavy atom. The summed E-state index contributed by atoms with van der Waals surface area (Å²) in [6.07, 6.45) is -29.2. The fourth-order valence-corrected chi connectivity index (χ4v) is 18.9. The van der Waals surface area contributed by atoms with Crippen LogP contribution in [-0.4, -0.2) is 293 Å². The van der Waals surface area contributed by atoms with E-state index in [1.54, 1.807) is 6.92 Å². The number of aliphatic hydroxyl groups is 14. The molecule has 0 aromatic carbocycles. The van der Waals surface area contributed by atoms with Crippen molar-refractivity contribution in [2.45, 2.75) is 274 Å². The predicted octanol–water partition coefficient (Wildman–Crippen LogP) is 0.520. The minimum atomic E-state index is -1.93. The van der Waals surface area contributed by atoms with Crippen molar-refractivity contribution in [3.8, 4) is 0 Å². The van der Waals surface area contributed by atoms with Crippen LogP contribution < -0.4 is 0 Å². The lowest BCUT2D eigenvalue weighted by atomic mass is 9.33. The van der Waals surface area contributed by atoms with Crippen molar-refractivity contribution in [2.75, 3.05) is 57.1 Å². The van der Waals surface area contributed by atoms with E-state index in [0.29, 0.717) is 43.3 Å². The van der Waals surface area contributed by atoms with Gasteiger partial charge in [-0.2, -0.15) is 0 Å². The number of ether oxygens (including phenoxy) is 10. The lowest BCUT2D eigenvalue weighted by Crippen LogP contribution is -2.68. The van der Waals surface area contributed by atoms with Gasteiger partial charge in [0.05, 0.1) is 44.2 Å². The third kappa shape index (κ3) is 14.7. The van der Waals surface area contributed by atoms with Crippen LogP contribution in [0.3, 0.4) is 0 Å². The number of aliphatic hydroxyl groups excluding tert-OH is 14. The van der Waals surface area contributed by atoms with Crippen LogP contribution >= 0.6 is 47.2 Å². The molecule has 32 atom stereocenters. The van der Waals surface area contributed by atoms with Crippen LogP contribution in [0.25, 0.3) is 0 Å². The summed E-state index contributed by atoms with van der Waals surface area (Å²) in [5.74, 6) is 0.938. The molecule has 0 aromatic rings. The summed E-state index contributed by atoms with van der Waals surface area (Å²) >= 11 is 16.6. The van der Waals surface area contributed by atoms with Crippen molar-refractivity contribution in [2.24, 2.45) is 50.2 Å². The zero-order chi connectivity index (χ0) is 68.4. The number of rotatable bonds is 17. The van der Waals surface area contributed by atoms with Gasteiger partial charge in [-0.3, -0.25) is 9.69 Å². The van der Waals surface area contributed by atoms with Crippen molar-refractivity contribution < 1.29 is 124 Å². The number of fused-ring (bicyclic) bond motifs is 7. The van der Waals surface area contributed by atoms with Crippen LogP contribution in [0.2, 0.25) is 0 Å². The van der Waals surface area contributed by atoms with Crippen molar-refractivity contribution >= 4 is 53.2 Å². The van der Waals surface area contributed by atoms with E-state index in [2.05, 4.69) is 59.4 Å². The van der Waals surface area contributed by atoms with Crippen LogP contribution in [0.15, 0.2) is 11.6 Å². The molecule has 5 aliphatic heterocycles. The van der Waals surface area contributed by atoms with Gasteiger partial charge in [0, 0.05) is 37.3 Å². The van der Waals surface area contributed by atoms with Gasteiger partial charge in [0.1, 0.15) is 97.0 Å². The smallest absolute Gasteiger partial charge is 0.317 e. The number of hydrogen-bond acceptors (Lipinski definition) is 26. The Balaban J connectivity index is 0.000000951. The van der Waals surface area contributed by atoms with E-state index in [1.165, 1.54) is 6.92 Å². The highest BCUT2D eigenvalue weighted by molar-refractivity contribution is 6.18. The number of nitrogens with zero attached hydrogens (tertiary/aromatic N) is 1. The molecule has 26 nitrogen and oxygen atoms in total. The normalized spacial score (nSPS) is 49.8. The first-order valence-electron chi connectivity index (χ1n) is 33.2. The van der Waals surface area contributed by atoms with E-state index in [0.717, 1.165) is 44.5 Å². The van der Waals surface area contributed by atoms with Gasteiger partial charge in [-0.15, -0.1) is 47.2 Å². The number of halogens is 4. The number of hydrogen-bond donors (Lipinski definition) is 14. The molecule has 9 fully saturated rings. The second kappa shape index (κ2) is 31.2. The van der Waals surface area contributed by atoms with Crippen molar-refractivity contribution in [1.82, 2.24) is 4.90 Å². The fraction of sp³-hybridized carbons (Fsp3) is 0.953. The van der Waals surface area contributed by atoms with Crippen molar-refractivity contribution in [3.63, 3.8) is 0 Å². The molecule has 0 bridgehead atoms. The van der Waals surface area contributed by atoms with E-state index in [9.17, 15) is 71.5 Å². The summed E-state index contributed by atoms with van der Waals surface area (Å²) in [7, 11) is 0. The highest BCUT2D eigenvalue weighted by atomic mass is 35.5. The quantitative estimate of drug-likeness (QED) is 0.0408. The zero-order valence-electron chi connectivity index (χ0n) is 55.2. The van der Waals surface area contributed by atoms with Gasteiger partial charge in [-0.05, 0) is 116 Å². The van der Waals surface area contributed by atoms with Gasteiger partial charge < -0.3 is 119 Å². The molecular weight excluding hydrogens is 1320 g/mol. The Morgan fingerprint density at radius 3 is 1.65 bits per heavy atom. The van der Waals surface area contributed by atoms with Crippen molar-refractivity contribution in [3.05, 3.63) is 11.6 Å². The van der Waals surface area contributed by atoms with Crippen LogP contribution in [0.1, 0.15) is 120 Å². The molecule has 0 aromatic heterocycles. The summed E-state index contributed by atoms with van der Waals surface area (Å²) < 4.78 is 59.6. The summed E-state index contributed by atoms with van der Waals surface area (Å²) in [4.78, 5) is 17.5. The zero-order valence-corrected chi connectivity index (χ0v) is 58.3. The third-order valence-corrected chi connectivity index (χ3v) is 24.4. The number of esters is 1. The summed E-state index contributed by atoms with van der Waals surface area (Å²) in [6, 6.07) is 0. The van der Waals surface area contributed by atoms with Gasteiger partial charge in [-0.25, -0.2) is 0 Å². The van der Waals surface area contributed by atoms with Crippen LogP contribution in [0.4, 0.5) is 0 Å². The fourth-order valence-electron chi connectivity index (χ4n) is 18.2. The van der Waals surface area contributed by atoms with Gasteiger partial charge in [0.2, 0.25) is 6.29 Å². The maximum atomic E-state index is 15.4. The maximum Gasteiger partial charge on any atom is 0.317 e. The highest BCUT2D eigenvalue weighted by Crippen LogP contribution is 2.76. The maximum absolute atomic E-state index is 15.4. The molecule has 0 spiro atoms. The summed E-state index contributed by atoms with van der Waals surface area (Å²) in [5.41, 5.74) is -2.28. The van der Waals surface area contributed by atoms with Crippen molar-refractivity contribution in [1.29, 1.82) is 0 Å². The minimum Gasteiger partial charge on any atom is -0.432 e. The molecule has 94 heavy (non-hydrogen) atoms. The number of alkyl halides is 3. The predicted molar refractivity (Wildman–Crippen MR) is 338 cm³/mol. The second-order valence-electron chi connectivity index (χ2n) is 30.2. The van der Waals surface area contributed by atoms with E-state index >= 15 is 4.79 Å². The average molecular weight is 1430 g/mol. The third-order valence-electron chi connectivity index (χ3n) is 23.9. The Hall–Kier alpha value is -0.590. The molecular formula is C64H107Cl4NO25. The monoisotopic (exact) mass is 1430 g/mol. The molecule has 546 valence electrons. The molecule has 5 heterocycles. The second-order valence-corrected chi connectivity index (χ2v) is 31.3. The molecule has 5 aliphatic carbocycles. The molecule has 0 radical (unpaired) electrons.